The van der Waals surface area contributed by atoms with Crippen molar-refractivity contribution in [2.75, 3.05) is 19.8 Å². The number of carbonyl (C=O) groups excluding carboxylic acids is 2. The lowest BCUT2D eigenvalue weighted by Crippen LogP contribution is -2.34. The van der Waals surface area contributed by atoms with Crippen molar-refractivity contribution in [3.05, 3.63) is 60.8 Å². The smallest absolute Gasteiger partial charge is 0.472 e. The summed E-state index contributed by atoms with van der Waals surface area (Å²) < 4.78 is 32.5. The molecular formula is C44H76NO12P. The number of nitrogens with two attached hydrogens (primary N) is 1. The number of hydrogen-bond donors (Lipinski definition) is 5. The van der Waals surface area contributed by atoms with E-state index in [-0.39, 0.29) is 25.7 Å². The zero-order chi connectivity index (χ0) is 43.1. The molecule has 0 radical (unpaired) electrons. The van der Waals surface area contributed by atoms with Gasteiger partial charge in [-0.3, -0.25) is 23.4 Å². The zero-order valence-electron chi connectivity index (χ0n) is 35.3. The lowest BCUT2D eigenvalue weighted by Gasteiger charge is -2.20. The van der Waals surface area contributed by atoms with Gasteiger partial charge in [-0.15, -0.1) is 0 Å². The maximum Gasteiger partial charge on any atom is 0.472 e. The predicted molar refractivity (Wildman–Crippen MR) is 229 cm³/mol. The molecule has 0 spiro atoms. The van der Waals surface area contributed by atoms with Gasteiger partial charge in [0, 0.05) is 12.8 Å². The van der Waals surface area contributed by atoms with Crippen LogP contribution in [0, 0.1) is 0 Å². The van der Waals surface area contributed by atoms with Crippen LogP contribution in [-0.2, 0) is 37.5 Å². The van der Waals surface area contributed by atoms with E-state index < -0.39 is 69.9 Å². The molecule has 0 aliphatic heterocycles. The van der Waals surface area contributed by atoms with Crippen molar-refractivity contribution in [3.63, 3.8) is 0 Å². The van der Waals surface area contributed by atoms with Gasteiger partial charge >= 0.3 is 25.7 Å². The fourth-order valence-electron chi connectivity index (χ4n) is 5.43. The van der Waals surface area contributed by atoms with Crippen molar-refractivity contribution in [2.45, 2.75) is 179 Å². The van der Waals surface area contributed by atoms with Crippen molar-refractivity contribution in [2.24, 2.45) is 5.73 Å². The first-order valence-electron chi connectivity index (χ1n) is 21.5. The van der Waals surface area contributed by atoms with E-state index in [1.54, 1.807) is 36.5 Å². The first-order chi connectivity index (χ1) is 27.9. The van der Waals surface area contributed by atoms with Crippen LogP contribution in [0.5, 0.6) is 0 Å². The summed E-state index contributed by atoms with van der Waals surface area (Å²) in [5.74, 6) is -2.67. The Bertz CT molecular complexity index is 1250. The maximum absolute atomic E-state index is 12.6. The van der Waals surface area contributed by atoms with Gasteiger partial charge < -0.3 is 35.4 Å². The van der Waals surface area contributed by atoms with E-state index in [1.807, 2.05) is 6.08 Å². The summed E-state index contributed by atoms with van der Waals surface area (Å²) in [4.78, 5) is 45.9. The normalized spacial score (nSPS) is 15.4. The molecule has 5 atom stereocenters. The van der Waals surface area contributed by atoms with Crippen molar-refractivity contribution in [1.82, 2.24) is 0 Å². The van der Waals surface area contributed by atoms with Crippen LogP contribution in [0.25, 0.3) is 0 Å². The van der Waals surface area contributed by atoms with E-state index >= 15 is 0 Å². The van der Waals surface area contributed by atoms with E-state index in [0.29, 0.717) is 12.8 Å². The fourth-order valence-corrected chi connectivity index (χ4v) is 6.21. The van der Waals surface area contributed by atoms with Gasteiger partial charge in [-0.05, 0) is 64.2 Å². The van der Waals surface area contributed by atoms with Crippen molar-refractivity contribution in [1.29, 1.82) is 0 Å². The lowest BCUT2D eigenvalue weighted by atomic mass is 10.1. The molecule has 0 bridgehead atoms. The minimum absolute atomic E-state index is 0.103. The Kier molecular flexibility index (Phi) is 36.4. The van der Waals surface area contributed by atoms with E-state index in [1.165, 1.54) is 51.4 Å². The molecule has 0 saturated heterocycles. The van der Waals surface area contributed by atoms with Crippen LogP contribution in [0.1, 0.15) is 155 Å². The molecule has 0 aromatic carbocycles. The van der Waals surface area contributed by atoms with Crippen LogP contribution in [0.3, 0.4) is 0 Å². The number of allylic oxidation sites excluding steroid dienone is 7. The molecule has 6 N–H and O–H groups in total. The number of carbonyl (C=O) groups is 3. The molecule has 0 aliphatic carbocycles. The molecule has 0 aliphatic rings. The molecule has 0 aromatic rings. The second-order valence-corrected chi connectivity index (χ2v) is 16.0. The second kappa shape index (κ2) is 38.3. The van der Waals surface area contributed by atoms with Crippen LogP contribution in [-0.4, -0.2) is 82.3 Å². The molecule has 0 heterocycles. The number of hydrogen-bond acceptors (Lipinski definition) is 11. The third-order valence-corrected chi connectivity index (χ3v) is 9.88. The number of aliphatic hydroxyl groups is 2. The average Bonchev–Trinajstić information content (AvgIpc) is 3.19. The van der Waals surface area contributed by atoms with E-state index in [0.717, 1.165) is 51.4 Å². The van der Waals surface area contributed by atoms with Crippen LogP contribution in [0.4, 0.5) is 0 Å². The third kappa shape index (κ3) is 37.4. The molecule has 334 valence electrons. The number of carboxylic acid groups (broad SMARTS) is 1. The Morgan fingerprint density at radius 1 is 0.621 bits per heavy atom. The van der Waals surface area contributed by atoms with Gasteiger partial charge in [0.2, 0.25) is 0 Å². The summed E-state index contributed by atoms with van der Waals surface area (Å²) in [6.07, 6.45) is 36.3. The Morgan fingerprint density at radius 2 is 1.12 bits per heavy atom. The molecule has 0 amide bonds. The minimum atomic E-state index is -4.79. The highest BCUT2D eigenvalue weighted by Gasteiger charge is 2.28. The Balaban J connectivity index is 4.67. The minimum Gasteiger partial charge on any atom is -0.480 e. The van der Waals surface area contributed by atoms with Crippen LogP contribution in [0.2, 0.25) is 0 Å². The molecule has 0 rings (SSSR count). The van der Waals surface area contributed by atoms with Crippen molar-refractivity contribution < 1.29 is 57.7 Å². The Hall–Kier alpha value is -2.90. The molecular weight excluding hydrogens is 765 g/mol. The number of aliphatic hydroxyl groups excluding tert-OH is 2. The summed E-state index contributed by atoms with van der Waals surface area (Å²) in [5.41, 5.74) is 5.31. The maximum atomic E-state index is 12.6. The Labute approximate surface area is 348 Å². The number of carboxylic acids is 1. The van der Waals surface area contributed by atoms with Gasteiger partial charge in [0.25, 0.3) is 0 Å². The van der Waals surface area contributed by atoms with Crippen LogP contribution >= 0.6 is 7.82 Å². The molecule has 14 heteroatoms. The zero-order valence-corrected chi connectivity index (χ0v) is 36.2. The number of rotatable bonds is 39. The number of unbranched alkanes of at least 4 members (excludes halogenated alkanes) is 14. The highest BCUT2D eigenvalue weighted by Crippen LogP contribution is 2.43. The van der Waals surface area contributed by atoms with E-state index in [9.17, 15) is 34.1 Å². The SMILES string of the molecule is CCCCC/C=C/CC(O)/C=C/C=C/C=C/C(O)CCCC(=O)OC(COC(=O)CCCCCCC/C=C\CCCCCCCC)COP(=O)(O)OCC(N)C(=O)O. The van der Waals surface area contributed by atoms with Gasteiger partial charge in [0.15, 0.2) is 6.10 Å². The first kappa shape index (κ1) is 55.1. The number of aliphatic carboxylic acids is 1. The highest BCUT2D eigenvalue weighted by atomic mass is 31.2. The van der Waals surface area contributed by atoms with Crippen LogP contribution in [0.15, 0.2) is 60.8 Å². The largest absolute Gasteiger partial charge is 0.480 e. The average molecular weight is 842 g/mol. The number of esters is 2. The van der Waals surface area contributed by atoms with Gasteiger partial charge in [-0.2, -0.15) is 0 Å². The topological polar surface area (TPSA) is 212 Å². The Morgan fingerprint density at radius 3 is 1.74 bits per heavy atom. The molecule has 0 aromatic heterocycles. The van der Waals surface area contributed by atoms with Gasteiger partial charge in [0.05, 0.1) is 25.4 Å². The molecule has 58 heavy (non-hydrogen) atoms. The molecule has 5 unspecified atom stereocenters. The number of ether oxygens (including phenoxy) is 2. The van der Waals surface area contributed by atoms with E-state index in [2.05, 4.69) is 36.6 Å². The second-order valence-electron chi connectivity index (χ2n) is 14.5. The first-order valence-corrected chi connectivity index (χ1v) is 23.0. The molecule has 0 fully saturated rings. The van der Waals surface area contributed by atoms with Crippen LogP contribution < -0.4 is 5.73 Å². The lowest BCUT2D eigenvalue weighted by molar-refractivity contribution is -0.161. The van der Waals surface area contributed by atoms with Crippen molar-refractivity contribution in [3.8, 4) is 0 Å². The highest BCUT2D eigenvalue weighted by molar-refractivity contribution is 7.47. The summed E-state index contributed by atoms with van der Waals surface area (Å²) in [7, 11) is -4.79. The predicted octanol–water partition coefficient (Wildman–Crippen LogP) is 9.11. The summed E-state index contributed by atoms with van der Waals surface area (Å²) in [6, 6.07) is -1.57. The van der Waals surface area contributed by atoms with Gasteiger partial charge in [-0.1, -0.05) is 139 Å². The van der Waals surface area contributed by atoms with Crippen molar-refractivity contribution >= 4 is 25.7 Å². The molecule has 0 saturated carbocycles. The standard InChI is InChI=1S/C44H76NO12P/c1-3-5-7-9-11-12-13-14-15-16-17-18-19-21-27-33-42(48)54-35-40(36-55-58(52,53)56-37-41(45)44(50)51)57-43(49)34-28-32-39(47)31-26-23-22-25-30-38(46)29-24-20-10-8-6-4-2/h14-15,20,22-26,30-31,38-41,46-47H,3-13,16-19,21,27-29,32-37,45H2,1-2H3,(H,50,51)(H,52,53)/b15-14-,23-22+,24-20+,30-25+,31-26+. The van der Waals surface area contributed by atoms with Gasteiger partial charge in [0.1, 0.15) is 12.6 Å². The summed E-state index contributed by atoms with van der Waals surface area (Å²) >= 11 is 0. The number of phosphoric acid groups is 1. The van der Waals surface area contributed by atoms with E-state index in [4.69, 9.17) is 24.8 Å². The summed E-state index contributed by atoms with van der Waals surface area (Å²) in [6.45, 7) is 2.46. The third-order valence-electron chi connectivity index (χ3n) is 8.93. The number of phosphoric ester groups is 1. The monoisotopic (exact) mass is 842 g/mol. The molecule has 13 nitrogen and oxygen atoms in total. The quantitative estimate of drug-likeness (QED) is 0.0129. The summed E-state index contributed by atoms with van der Waals surface area (Å²) in [5, 5.41) is 29.2. The van der Waals surface area contributed by atoms with Gasteiger partial charge in [-0.25, -0.2) is 4.57 Å². The fraction of sp³-hybridized carbons (Fsp3) is 0.705.